The highest BCUT2D eigenvalue weighted by Crippen LogP contribution is 2.44. The molecular formula is C12H17IO3S2. The number of hydrogen-bond donors (Lipinski definition) is 0. The molecule has 1 aromatic carbocycles. The lowest BCUT2D eigenvalue weighted by molar-refractivity contribution is -0.00000418. The van der Waals surface area contributed by atoms with E-state index in [2.05, 4.69) is 0 Å². The van der Waals surface area contributed by atoms with Crippen molar-refractivity contribution < 1.29 is 38.2 Å². The second kappa shape index (κ2) is 7.59. The first kappa shape index (κ1) is 16.1. The summed E-state index contributed by atoms with van der Waals surface area (Å²) in [4.78, 5) is 0. The highest BCUT2D eigenvalue weighted by molar-refractivity contribution is 8.11. The molecule has 1 atom stereocenters. The molecule has 6 heteroatoms. The number of ether oxygens (including phenoxy) is 3. The Morgan fingerprint density at radius 1 is 1.06 bits per heavy atom. The van der Waals surface area contributed by atoms with Crippen LogP contribution in [0.25, 0.3) is 0 Å². The van der Waals surface area contributed by atoms with E-state index in [0.29, 0.717) is 10.3 Å². The number of thiol groups is 1. The van der Waals surface area contributed by atoms with Crippen molar-refractivity contribution in [2.45, 2.75) is 4.58 Å². The van der Waals surface area contributed by atoms with Crippen molar-refractivity contribution in [3.05, 3.63) is 17.7 Å². The molecule has 0 spiro atoms. The van der Waals surface area contributed by atoms with Crippen LogP contribution in [0.15, 0.2) is 12.1 Å². The van der Waals surface area contributed by atoms with E-state index in [1.165, 1.54) is 28.8 Å². The van der Waals surface area contributed by atoms with Gasteiger partial charge in [-0.3, -0.25) is 0 Å². The van der Waals surface area contributed by atoms with Gasteiger partial charge < -0.3 is 38.2 Å². The minimum absolute atomic E-state index is 0. The van der Waals surface area contributed by atoms with Crippen LogP contribution in [0.3, 0.4) is 0 Å². The molecule has 2 rings (SSSR count). The molecule has 1 unspecified atom stereocenters. The largest absolute Gasteiger partial charge is 1.00 e. The van der Waals surface area contributed by atoms with Crippen LogP contribution in [0.4, 0.5) is 0 Å². The highest BCUT2D eigenvalue weighted by Gasteiger charge is 2.30. The van der Waals surface area contributed by atoms with Crippen LogP contribution in [0.2, 0.25) is 0 Å². The van der Waals surface area contributed by atoms with Crippen LogP contribution < -0.4 is 38.2 Å². The number of benzene rings is 1. The Morgan fingerprint density at radius 2 is 1.67 bits per heavy atom. The minimum atomic E-state index is 0. The average molecular weight is 400 g/mol. The van der Waals surface area contributed by atoms with Crippen LogP contribution in [-0.4, -0.2) is 32.8 Å². The topological polar surface area (TPSA) is 27.7 Å². The summed E-state index contributed by atoms with van der Waals surface area (Å²) in [6.07, 6.45) is 0. The summed E-state index contributed by atoms with van der Waals surface area (Å²) in [5.41, 5.74) is 1.20. The van der Waals surface area contributed by atoms with Crippen LogP contribution in [0, 0.1) is 0 Å². The molecule has 1 fully saturated rings. The normalized spacial score (nSPS) is 18.1. The summed E-state index contributed by atoms with van der Waals surface area (Å²) < 4.78 is 16.6. The van der Waals surface area contributed by atoms with Crippen molar-refractivity contribution in [1.82, 2.24) is 0 Å². The maximum Gasteiger partial charge on any atom is 0.190 e. The number of rotatable bonds is 4. The van der Waals surface area contributed by atoms with E-state index < -0.39 is 0 Å². The lowest BCUT2D eigenvalue weighted by Gasteiger charge is -2.14. The van der Waals surface area contributed by atoms with Crippen molar-refractivity contribution >= 4 is 23.5 Å². The Balaban J connectivity index is 0.00000162. The van der Waals surface area contributed by atoms with Crippen molar-refractivity contribution in [3.8, 4) is 17.2 Å². The maximum absolute atomic E-state index is 5.45. The quantitative estimate of drug-likeness (QED) is 0.379. The van der Waals surface area contributed by atoms with Gasteiger partial charge in [-0.05, 0) is 17.8 Å². The molecule has 3 nitrogen and oxygen atoms in total. The number of halogens is 1. The van der Waals surface area contributed by atoms with E-state index in [1.807, 2.05) is 23.9 Å². The van der Waals surface area contributed by atoms with E-state index in [1.54, 1.807) is 21.3 Å². The maximum atomic E-state index is 5.45. The van der Waals surface area contributed by atoms with Gasteiger partial charge in [0.25, 0.3) is 0 Å². The molecule has 1 aliphatic heterocycles. The average Bonchev–Trinajstić information content (AvgIpc) is 2.90. The third-order valence-corrected chi connectivity index (χ3v) is 5.96. The predicted octanol–water partition coefficient (Wildman–Crippen LogP) is -0.723. The first-order chi connectivity index (χ1) is 8.30. The molecule has 0 aliphatic carbocycles. The first-order valence-electron chi connectivity index (χ1n) is 5.38. The minimum Gasteiger partial charge on any atom is -1.00 e. The monoisotopic (exact) mass is 400 g/mol. The lowest BCUT2D eigenvalue weighted by Crippen LogP contribution is -3.00. The van der Waals surface area contributed by atoms with Crippen LogP contribution in [0.1, 0.15) is 10.1 Å². The smallest absolute Gasteiger partial charge is 0.190 e. The molecule has 0 bridgehead atoms. The number of hydrogen-bond acceptors (Lipinski definition) is 4. The Bertz CT molecular complexity index is 395. The molecule has 0 saturated carbocycles. The molecule has 0 radical (unpaired) electrons. The predicted molar refractivity (Wildman–Crippen MR) is 74.9 cm³/mol. The summed E-state index contributed by atoms with van der Waals surface area (Å²) in [6.45, 7) is 0. The molecule has 18 heavy (non-hydrogen) atoms. The summed E-state index contributed by atoms with van der Waals surface area (Å²) in [5.74, 6) is 4.82. The fourth-order valence-electron chi connectivity index (χ4n) is 1.82. The van der Waals surface area contributed by atoms with Crippen molar-refractivity contribution in [2.24, 2.45) is 0 Å². The SMILES string of the molecule is COc1cc(OC)c(C2SCC[SH+]2)cc1OC.[I-]. The third kappa shape index (κ3) is 3.33. The molecule has 0 N–H and O–H groups in total. The zero-order valence-electron chi connectivity index (χ0n) is 10.6. The second-order valence-corrected chi connectivity index (χ2v) is 6.47. The zero-order chi connectivity index (χ0) is 12.3. The summed E-state index contributed by atoms with van der Waals surface area (Å²) in [7, 11) is 4.99. The molecule has 1 heterocycles. The van der Waals surface area contributed by atoms with E-state index >= 15 is 0 Å². The van der Waals surface area contributed by atoms with Gasteiger partial charge in [-0.2, -0.15) is 0 Å². The summed E-state index contributed by atoms with van der Waals surface area (Å²) in [6, 6.07) is 3.94. The fourth-order valence-corrected chi connectivity index (χ4v) is 4.94. The zero-order valence-corrected chi connectivity index (χ0v) is 14.5. The summed E-state index contributed by atoms with van der Waals surface area (Å²) in [5, 5.41) is 0. The van der Waals surface area contributed by atoms with E-state index in [-0.39, 0.29) is 24.0 Å². The van der Waals surface area contributed by atoms with E-state index in [4.69, 9.17) is 14.2 Å². The van der Waals surface area contributed by atoms with Crippen LogP contribution in [0.5, 0.6) is 17.2 Å². The first-order valence-corrected chi connectivity index (χ1v) is 7.58. The highest BCUT2D eigenvalue weighted by atomic mass is 127. The number of methoxy groups -OCH3 is 3. The van der Waals surface area contributed by atoms with E-state index in [0.717, 1.165) is 11.5 Å². The molecule has 1 aromatic rings. The van der Waals surface area contributed by atoms with Gasteiger partial charge >= 0.3 is 0 Å². The van der Waals surface area contributed by atoms with Gasteiger partial charge in [-0.15, -0.1) is 0 Å². The molecular weight excluding hydrogens is 383 g/mol. The second-order valence-electron chi connectivity index (χ2n) is 3.58. The third-order valence-electron chi connectivity index (χ3n) is 2.66. The van der Waals surface area contributed by atoms with Crippen molar-refractivity contribution in [2.75, 3.05) is 32.8 Å². The number of thioether (sulfide) groups is 1. The molecule has 102 valence electrons. The van der Waals surface area contributed by atoms with Gasteiger partial charge in [-0.25, -0.2) is 0 Å². The van der Waals surface area contributed by atoms with Gasteiger partial charge in [0, 0.05) is 11.8 Å². The van der Waals surface area contributed by atoms with Gasteiger partial charge in [-0.1, -0.05) is 11.8 Å². The van der Waals surface area contributed by atoms with Gasteiger partial charge in [0.1, 0.15) is 11.5 Å². The van der Waals surface area contributed by atoms with E-state index in [9.17, 15) is 0 Å². The Hall–Kier alpha value is 0.0500. The molecule has 1 aliphatic rings. The fraction of sp³-hybridized carbons (Fsp3) is 0.500. The lowest BCUT2D eigenvalue weighted by atomic mass is 10.2. The van der Waals surface area contributed by atoms with Crippen molar-refractivity contribution in [3.63, 3.8) is 0 Å². The van der Waals surface area contributed by atoms with Gasteiger partial charge in [0.2, 0.25) is 0 Å². The van der Waals surface area contributed by atoms with Crippen LogP contribution in [-0.2, 0) is 11.8 Å². The molecule has 1 saturated heterocycles. The molecule has 0 aromatic heterocycles. The Labute approximate surface area is 133 Å². The standard InChI is InChI=1S/C12H16O3S2.HI/c1-13-9-7-11(15-3)10(14-2)6-8(9)12-16-4-5-17-12;/h6-7,12H,4-5H2,1-3H3;1H. The van der Waals surface area contributed by atoms with Gasteiger partial charge in [0.15, 0.2) is 16.1 Å². The summed E-state index contributed by atoms with van der Waals surface area (Å²) >= 11 is 3.42. The Kier molecular flexibility index (Phi) is 6.79. The van der Waals surface area contributed by atoms with Gasteiger partial charge in [0.05, 0.1) is 26.9 Å². The van der Waals surface area contributed by atoms with Crippen molar-refractivity contribution in [1.29, 1.82) is 0 Å². The molecule has 0 amide bonds. The van der Waals surface area contributed by atoms with Crippen LogP contribution >= 0.6 is 11.8 Å². The Morgan fingerprint density at radius 3 is 2.17 bits per heavy atom.